The van der Waals surface area contributed by atoms with Crippen LogP contribution in [0.25, 0.3) is 0 Å². The molecule has 0 bridgehead atoms. The zero-order valence-electron chi connectivity index (χ0n) is 15.5. The zero-order chi connectivity index (χ0) is 18.3. The Morgan fingerprint density at radius 1 is 0.840 bits per heavy atom. The molecule has 0 saturated carbocycles. The minimum atomic E-state index is -0.371. The van der Waals surface area contributed by atoms with Crippen LogP contribution in [0.3, 0.4) is 0 Å². The van der Waals surface area contributed by atoms with Crippen LogP contribution in [0.1, 0.15) is 35.2 Å². The first-order valence-corrected chi connectivity index (χ1v) is 8.64. The number of aryl methyl sites for hydroxylation is 1. The largest absolute Gasteiger partial charge is 0.491 e. The van der Waals surface area contributed by atoms with Crippen molar-refractivity contribution < 1.29 is 28.5 Å². The van der Waals surface area contributed by atoms with Gasteiger partial charge < -0.3 is 23.7 Å². The minimum Gasteiger partial charge on any atom is -0.491 e. The van der Waals surface area contributed by atoms with E-state index in [2.05, 4.69) is 0 Å². The second-order valence-corrected chi connectivity index (χ2v) is 5.65. The van der Waals surface area contributed by atoms with Crippen LogP contribution in [0.4, 0.5) is 0 Å². The van der Waals surface area contributed by atoms with Crippen molar-refractivity contribution in [2.24, 2.45) is 0 Å². The summed E-state index contributed by atoms with van der Waals surface area (Å²) in [5.41, 5.74) is 1.43. The summed E-state index contributed by atoms with van der Waals surface area (Å²) < 4.78 is 26.3. The molecule has 0 atom stereocenters. The predicted octanol–water partition coefficient (Wildman–Crippen LogP) is 3.01. The Kier molecular flexibility index (Phi) is 11.7. The van der Waals surface area contributed by atoms with Gasteiger partial charge in [0.15, 0.2) is 0 Å². The molecule has 25 heavy (non-hydrogen) atoms. The van der Waals surface area contributed by atoms with Crippen molar-refractivity contribution in [3.8, 4) is 5.75 Å². The van der Waals surface area contributed by atoms with Crippen LogP contribution in [-0.4, -0.2) is 59.8 Å². The average Bonchev–Trinajstić information content (AvgIpc) is 2.61. The lowest BCUT2D eigenvalue weighted by Gasteiger charge is -2.10. The van der Waals surface area contributed by atoms with Gasteiger partial charge in [-0.2, -0.15) is 0 Å². The number of hydrogen-bond acceptors (Lipinski definition) is 6. The number of benzene rings is 1. The Morgan fingerprint density at radius 2 is 1.52 bits per heavy atom. The third kappa shape index (κ3) is 10.1. The molecule has 0 aliphatic rings. The summed E-state index contributed by atoms with van der Waals surface area (Å²) in [6.07, 6.45) is 3.24. The lowest BCUT2D eigenvalue weighted by molar-refractivity contribution is 0.0348. The van der Waals surface area contributed by atoms with Gasteiger partial charge in [-0.1, -0.05) is 0 Å². The van der Waals surface area contributed by atoms with E-state index in [0.717, 1.165) is 38.0 Å². The number of carbonyl (C=O) groups is 1. The van der Waals surface area contributed by atoms with Crippen LogP contribution in [0.15, 0.2) is 18.2 Å². The van der Waals surface area contributed by atoms with Crippen molar-refractivity contribution >= 4 is 5.97 Å². The van der Waals surface area contributed by atoms with Crippen molar-refractivity contribution in [1.82, 2.24) is 0 Å². The second-order valence-electron chi connectivity index (χ2n) is 5.65. The molecular weight excluding hydrogens is 324 g/mol. The highest BCUT2D eigenvalue weighted by molar-refractivity contribution is 5.90. The standard InChI is InChI=1S/C19H30O6/c1-16-13-17(19(20)22-3)15-18(14-16)25-12-11-24-10-9-23-8-6-4-5-7-21-2/h13-15H,4-12H2,1-3H3. The molecule has 0 saturated heterocycles. The van der Waals surface area contributed by atoms with Crippen LogP contribution >= 0.6 is 0 Å². The molecule has 0 N–H and O–H groups in total. The Bertz CT molecular complexity index is 489. The molecule has 0 aliphatic carbocycles. The molecule has 0 spiro atoms. The van der Waals surface area contributed by atoms with Crippen molar-refractivity contribution in [3.63, 3.8) is 0 Å². The molecular formula is C19H30O6. The highest BCUT2D eigenvalue weighted by Crippen LogP contribution is 2.17. The van der Waals surface area contributed by atoms with Gasteiger partial charge in [0.1, 0.15) is 12.4 Å². The fourth-order valence-electron chi connectivity index (χ4n) is 2.23. The number of unbranched alkanes of at least 4 members (excludes halogenated alkanes) is 2. The van der Waals surface area contributed by atoms with Crippen LogP contribution in [0.5, 0.6) is 5.75 Å². The van der Waals surface area contributed by atoms with Gasteiger partial charge in [0.2, 0.25) is 0 Å². The summed E-state index contributed by atoms with van der Waals surface area (Å²) in [5.74, 6) is 0.264. The fourth-order valence-corrected chi connectivity index (χ4v) is 2.23. The number of carbonyl (C=O) groups excluding carboxylic acids is 1. The van der Waals surface area contributed by atoms with Gasteiger partial charge in [0, 0.05) is 20.3 Å². The Balaban J connectivity index is 2.06. The highest BCUT2D eigenvalue weighted by Gasteiger charge is 2.08. The van der Waals surface area contributed by atoms with E-state index in [1.54, 1.807) is 19.2 Å². The monoisotopic (exact) mass is 354 g/mol. The van der Waals surface area contributed by atoms with Crippen LogP contribution in [0.2, 0.25) is 0 Å². The van der Waals surface area contributed by atoms with E-state index in [0.29, 0.717) is 37.7 Å². The van der Waals surface area contributed by atoms with Gasteiger partial charge in [-0.3, -0.25) is 0 Å². The highest BCUT2D eigenvalue weighted by atomic mass is 16.5. The number of esters is 1. The SMILES string of the molecule is COCCCCCOCCOCCOc1cc(C)cc(C(=O)OC)c1. The average molecular weight is 354 g/mol. The topological polar surface area (TPSA) is 63.2 Å². The molecule has 0 radical (unpaired) electrons. The summed E-state index contributed by atoms with van der Waals surface area (Å²) >= 11 is 0. The smallest absolute Gasteiger partial charge is 0.337 e. The van der Waals surface area contributed by atoms with E-state index in [4.69, 9.17) is 23.7 Å². The van der Waals surface area contributed by atoms with E-state index >= 15 is 0 Å². The maximum Gasteiger partial charge on any atom is 0.337 e. The molecule has 0 aromatic heterocycles. The van der Waals surface area contributed by atoms with Gasteiger partial charge in [0.05, 0.1) is 32.5 Å². The van der Waals surface area contributed by atoms with E-state index < -0.39 is 0 Å². The molecule has 142 valence electrons. The van der Waals surface area contributed by atoms with Gasteiger partial charge in [-0.05, 0) is 49.9 Å². The molecule has 6 heteroatoms. The minimum absolute atomic E-state index is 0.371. The van der Waals surface area contributed by atoms with E-state index in [1.165, 1.54) is 7.11 Å². The first-order valence-electron chi connectivity index (χ1n) is 8.64. The molecule has 0 unspecified atom stereocenters. The molecule has 0 amide bonds. The summed E-state index contributed by atoms with van der Waals surface area (Å²) in [6.45, 7) is 5.49. The molecule has 1 aromatic carbocycles. The zero-order valence-corrected chi connectivity index (χ0v) is 15.5. The fraction of sp³-hybridized carbons (Fsp3) is 0.632. The Hall–Kier alpha value is -1.63. The van der Waals surface area contributed by atoms with Crippen molar-refractivity contribution in [1.29, 1.82) is 0 Å². The quantitative estimate of drug-likeness (QED) is 0.378. The summed E-state index contributed by atoms with van der Waals surface area (Å²) in [6, 6.07) is 5.31. The lowest BCUT2D eigenvalue weighted by atomic mass is 10.1. The van der Waals surface area contributed by atoms with E-state index in [9.17, 15) is 4.79 Å². The summed E-state index contributed by atoms with van der Waals surface area (Å²) in [7, 11) is 3.08. The molecule has 0 aliphatic heterocycles. The molecule has 1 aromatic rings. The van der Waals surface area contributed by atoms with Crippen molar-refractivity contribution in [2.45, 2.75) is 26.2 Å². The van der Waals surface area contributed by atoms with Crippen molar-refractivity contribution in [3.05, 3.63) is 29.3 Å². The van der Waals surface area contributed by atoms with Gasteiger partial charge in [0.25, 0.3) is 0 Å². The van der Waals surface area contributed by atoms with Crippen LogP contribution in [-0.2, 0) is 18.9 Å². The molecule has 6 nitrogen and oxygen atoms in total. The van der Waals surface area contributed by atoms with E-state index in [1.807, 2.05) is 13.0 Å². The number of rotatable bonds is 14. The van der Waals surface area contributed by atoms with Gasteiger partial charge >= 0.3 is 5.97 Å². The number of methoxy groups -OCH3 is 2. The maximum absolute atomic E-state index is 11.6. The lowest BCUT2D eigenvalue weighted by Crippen LogP contribution is -2.11. The molecule has 0 fully saturated rings. The summed E-state index contributed by atoms with van der Waals surface area (Å²) in [5, 5.41) is 0. The molecule has 0 heterocycles. The van der Waals surface area contributed by atoms with E-state index in [-0.39, 0.29) is 5.97 Å². The Morgan fingerprint density at radius 3 is 2.24 bits per heavy atom. The second kappa shape index (κ2) is 13.6. The number of ether oxygens (including phenoxy) is 5. The van der Waals surface area contributed by atoms with Gasteiger partial charge in [-0.25, -0.2) is 4.79 Å². The van der Waals surface area contributed by atoms with Crippen molar-refractivity contribution in [2.75, 3.05) is 53.9 Å². The molecule has 1 rings (SSSR count). The Labute approximate surface area is 150 Å². The van der Waals surface area contributed by atoms with Gasteiger partial charge in [-0.15, -0.1) is 0 Å². The maximum atomic E-state index is 11.6. The first kappa shape index (κ1) is 21.4. The third-order valence-corrected chi connectivity index (χ3v) is 3.48. The first-order chi connectivity index (χ1) is 12.2. The third-order valence-electron chi connectivity index (χ3n) is 3.48. The number of hydrogen-bond donors (Lipinski definition) is 0. The predicted molar refractivity (Wildman–Crippen MR) is 95.4 cm³/mol. The normalized spacial score (nSPS) is 10.7. The van der Waals surface area contributed by atoms with Crippen LogP contribution in [0, 0.1) is 6.92 Å². The van der Waals surface area contributed by atoms with Crippen LogP contribution < -0.4 is 4.74 Å². The summed E-state index contributed by atoms with van der Waals surface area (Å²) in [4.78, 5) is 11.6.